The Morgan fingerprint density at radius 1 is 1.53 bits per heavy atom. The van der Waals surface area contributed by atoms with Crippen LogP contribution in [0, 0.1) is 5.92 Å². The number of halogens is 1. The van der Waals surface area contributed by atoms with Gasteiger partial charge in [-0.2, -0.15) is 15.0 Å². The van der Waals surface area contributed by atoms with Gasteiger partial charge in [-0.15, -0.1) is 0 Å². The minimum absolute atomic E-state index is 0.0191. The summed E-state index contributed by atoms with van der Waals surface area (Å²) in [6.07, 6.45) is 0.459. The molecule has 1 heterocycles. The van der Waals surface area contributed by atoms with Gasteiger partial charge in [0.05, 0.1) is 13.0 Å². The van der Waals surface area contributed by atoms with E-state index in [0.717, 1.165) is 0 Å². The maximum absolute atomic E-state index is 10.6. The number of carbonyl (C=O) groups is 1. The predicted molar refractivity (Wildman–Crippen MR) is 61.3 cm³/mol. The molecule has 1 atom stereocenters. The van der Waals surface area contributed by atoms with Crippen LogP contribution in [0.15, 0.2) is 0 Å². The van der Waals surface area contributed by atoms with Gasteiger partial charge in [-0.05, 0) is 18.0 Å². The molecule has 17 heavy (non-hydrogen) atoms. The zero-order valence-corrected chi connectivity index (χ0v) is 10.2. The van der Waals surface area contributed by atoms with E-state index in [1.807, 2.05) is 0 Å². The van der Waals surface area contributed by atoms with Crippen LogP contribution < -0.4 is 10.1 Å². The Bertz CT molecular complexity index is 402. The molecule has 94 valence electrons. The highest BCUT2D eigenvalue weighted by Crippen LogP contribution is 2.11. The van der Waals surface area contributed by atoms with Crippen molar-refractivity contribution in [1.29, 1.82) is 0 Å². The van der Waals surface area contributed by atoms with Gasteiger partial charge < -0.3 is 15.2 Å². The van der Waals surface area contributed by atoms with Gasteiger partial charge in [0.15, 0.2) is 0 Å². The molecule has 0 fully saturated rings. The second-order valence-corrected chi connectivity index (χ2v) is 3.71. The molecule has 1 rings (SSSR count). The summed E-state index contributed by atoms with van der Waals surface area (Å²) >= 11 is 5.64. The van der Waals surface area contributed by atoms with Crippen molar-refractivity contribution in [1.82, 2.24) is 15.0 Å². The molecule has 0 spiro atoms. The van der Waals surface area contributed by atoms with Gasteiger partial charge in [0, 0.05) is 6.54 Å². The van der Waals surface area contributed by atoms with E-state index in [-0.39, 0.29) is 17.2 Å². The van der Waals surface area contributed by atoms with E-state index in [4.69, 9.17) is 21.4 Å². The summed E-state index contributed by atoms with van der Waals surface area (Å²) in [5, 5.41) is 11.6. The molecule has 0 aliphatic heterocycles. The van der Waals surface area contributed by atoms with Gasteiger partial charge in [0.1, 0.15) is 0 Å². The van der Waals surface area contributed by atoms with Crippen LogP contribution in [0.5, 0.6) is 6.01 Å². The lowest BCUT2D eigenvalue weighted by molar-refractivity contribution is -0.141. The lowest BCUT2D eigenvalue weighted by atomic mass is 10.1. The minimum Gasteiger partial charge on any atom is -0.481 e. The normalized spacial score (nSPS) is 11.9. The fourth-order valence-corrected chi connectivity index (χ4v) is 1.18. The van der Waals surface area contributed by atoms with Crippen LogP contribution in [-0.4, -0.2) is 39.7 Å². The first kappa shape index (κ1) is 13.4. The van der Waals surface area contributed by atoms with Crippen molar-refractivity contribution in [3.8, 4) is 6.01 Å². The molecule has 0 saturated carbocycles. The van der Waals surface area contributed by atoms with Crippen LogP contribution in [0.3, 0.4) is 0 Å². The predicted octanol–water partition coefficient (Wildman–Crippen LogP) is 1.06. The minimum atomic E-state index is -0.835. The van der Waals surface area contributed by atoms with E-state index < -0.39 is 11.9 Å². The van der Waals surface area contributed by atoms with E-state index in [9.17, 15) is 4.79 Å². The maximum atomic E-state index is 10.6. The summed E-state index contributed by atoms with van der Waals surface area (Å²) in [5.74, 6) is -1.00. The van der Waals surface area contributed by atoms with E-state index in [1.165, 1.54) is 7.11 Å². The Morgan fingerprint density at radius 3 is 2.82 bits per heavy atom. The van der Waals surface area contributed by atoms with Crippen LogP contribution in [-0.2, 0) is 4.79 Å². The molecule has 1 unspecified atom stereocenters. The number of hydrogen-bond donors (Lipinski definition) is 2. The number of aliphatic carboxylic acids is 1. The van der Waals surface area contributed by atoms with Crippen LogP contribution in [0.1, 0.15) is 13.3 Å². The lowest BCUT2D eigenvalue weighted by Gasteiger charge is -2.08. The Morgan fingerprint density at radius 2 is 2.24 bits per heavy atom. The summed E-state index contributed by atoms with van der Waals surface area (Å²) < 4.78 is 4.82. The quantitative estimate of drug-likeness (QED) is 0.789. The van der Waals surface area contributed by atoms with Crippen LogP contribution >= 0.6 is 11.6 Å². The third-order valence-electron chi connectivity index (χ3n) is 2.05. The van der Waals surface area contributed by atoms with Crippen LogP contribution in [0.2, 0.25) is 5.28 Å². The largest absolute Gasteiger partial charge is 0.481 e. The van der Waals surface area contributed by atoms with Gasteiger partial charge >= 0.3 is 12.0 Å². The van der Waals surface area contributed by atoms with Gasteiger partial charge in [0.2, 0.25) is 11.2 Å². The third kappa shape index (κ3) is 4.39. The molecular weight excluding hydrogens is 248 g/mol. The van der Waals surface area contributed by atoms with Crippen molar-refractivity contribution in [3.63, 3.8) is 0 Å². The van der Waals surface area contributed by atoms with Crippen molar-refractivity contribution < 1.29 is 14.6 Å². The summed E-state index contributed by atoms with van der Waals surface area (Å²) in [6, 6.07) is 0.110. The SMILES string of the molecule is COc1nc(Cl)nc(NCCC(C)C(=O)O)n1. The van der Waals surface area contributed by atoms with Crippen LogP contribution in [0.4, 0.5) is 5.95 Å². The molecule has 0 aliphatic carbocycles. The van der Waals surface area contributed by atoms with Crippen molar-refractivity contribution in [2.24, 2.45) is 5.92 Å². The first-order valence-corrected chi connectivity index (χ1v) is 5.33. The zero-order chi connectivity index (χ0) is 12.8. The molecule has 0 bridgehead atoms. The lowest BCUT2D eigenvalue weighted by Crippen LogP contribution is -2.15. The molecular formula is C9H13ClN4O3. The number of methoxy groups -OCH3 is 1. The molecule has 0 amide bonds. The maximum Gasteiger partial charge on any atom is 0.322 e. The Kier molecular flexibility index (Phi) is 4.89. The number of carboxylic acids is 1. The molecule has 2 N–H and O–H groups in total. The van der Waals surface area contributed by atoms with Gasteiger partial charge in [-0.3, -0.25) is 4.79 Å². The number of hydrogen-bond acceptors (Lipinski definition) is 6. The summed E-state index contributed by atoms with van der Waals surface area (Å²) in [4.78, 5) is 22.0. The fraction of sp³-hybridized carbons (Fsp3) is 0.556. The molecule has 0 aliphatic rings. The van der Waals surface area contributed by atoms with E-state index in [0.29, 0.717) is 13.0 Å². The van der Waals surface area contributed by atoms with Crippen molar-refractivity contribution >= 4 is 23.5 Å². The molecule has 0 radical (unpaired) electrons. The second kappa shape index (κ2) is 6.19. The van der Waals surface area contributed by atoms with E-state index in [1.54, 1.807) is 6.92 Å². The first-order valence-electron chi connectivity index (χ1n) is 4.95. The third-order valence-corrected chi connectivity index (χ3v) is 2.22. The Hall–Kier alpha value is -1.63. The number of ether oxygens (including phenoxy) is 1. The molecule has 7 nitrogen and oxygen atoms in total. The molecule has 8 heteroatoms. The van der Waals surface area contributed by atoms with Crippen LogP contribution in [0.25, 0.3) is 0 Å². The van der Waals surface area contributed by atoms with E-state index in [2.05, 4.69) is 20.3 Å². The number of rotatable bonds is 6. The Balaban J connectivity index is 2.51. The topological polar surface area (TPSA) is 97.2 Å². The van der Waals surface area contributed by atoms with Gasteiger partial charge in [0.25, 0.3) is 0 Å². The number of aromatic nitrogens is 3. The molecule has 0 aromatic carbocycles. The standard InChI is InChI=1S/C9H13ClN4O3/c1-5(6(15)16)3-4-11-8-12-7(10)13-9(14-8)17-2/h5H,3-4H2,1-2H3,(H,15,16)(H,11,12,13,14). The average molecular weight is 261 g/mol. The molecule has 1 aromatic rings. The summed E-state index contributed by atoms with van der Waals surface area (Å²) in [5.41, 5.74) is 0. The van der Waals surface area contributed by atoms with Crippen molar-refractivity contribution in [3.05, 3.63) is 5.28 Å². The smallest absolute Gasteiger partial charge is 0.322 e. The summed E-state index contributed by atoms with van der Waals surface area (Å²) in [7, 11) is 1.42. The zero-order valence-electron chi connectivity index (χ0n) is 9.47. The average Bonchev–Trinajstić information content (AvgIpc) is 2.27. The number of nitrogens with zero attached hydrogens (tertiary/aromatic N) is 3. The second-order valence-electron chi connectivity index (χ2n) is 3.37. The molecule has 0 saturated heterocycles. The fourth-order valence-electron chi connectivity index (χ4n) is 1.03. The van der Waals surface area contributed by atoms with E-state index >= 15 is 0 Å². The molecule has 1 aromatic heterocycles. The summed E-state index contributed by atoms with van der Waals surface area (Å²) in [6.45, 7) is 2.06. The highest BCUT2D eigenvalue weighted by Gasteiger charge is 2.10. The Labute approximate surface area is 103 Å². The first-order chi connectivity index (χ1) is 8.02. The highest BCUT2D eigenvalue weighted by molar-refractivity contribution is 6.28. The number of nitrogens with one attached hydrogen (secondary N) is 1. The monoisotopic (exact) mass is 260 g/mol. The number of carboxylic acid groups (broad SMARTS) is 1. The van der Waals surface area contributed by atoms with Crippen molar-refractivity contribution in [2.75, 3.05) is 19.0 Å². The van der Waals surface area contributed by atoms with Crippen molar-refractivity contribution in [2.45, 2.75) is 13.3 Å². The highest BCUT2D eigenvalue weighted by atomic mass is 35.5. The van der Waals surface area contributed by atoms with Gasteiger partial charge in [-0.25, -0.2) is 0 Å². The van der Waals surface area contributed by atoms with Gasteiger partial charge in [-0.1, -0.05) is 6.92 Å². The number of anilines is 1.